The van der Waals surface area contributed by atoms with Gasteiger partial charge < -0.3 is 10.2 Å². The van der Waals surface area contributed by atoms with Crippen LogP contribution in [-0.2, 0) is 9.59 Å². The Morgan fingerprint density at radius 3 is 2.73 bits per heavy atom. The zero-order valence-corrected chi connectivity index (χ0v) is 6.96. The van der Waals surface area contributed by atoms with Crippen molar-refractivity contribution >= 4 is 12.3 Å². The van der Waals surface area contributed by atoms with Gasteiger partial charge >= 0.3 is 0 Å². The maximum absolute atomic E-state index is 11.0. The lowest BCUT2D eigenvalue weighted by molar-refractivity contribution is -0.130. The molecule has 0 bridgehead atoms. The SMILES string of the molecule is CCCN(C)C(=O)CNC=O. The summed E-state index contributed by atoms with van der Waals surface area (Å²) in [6.07, 6.45) is 1.46. The fourth-order valence-electron chi connectivity index (χ4n) is 0.724. The number of nitrogens with zero attached hydrogens (tertiary/aromatic N) is 1. The lowest BCUT2D eigenvalue weighted by Gasteiger charge is -2.14. The Morgan fingerprint density at radius 2 is 2.27 bits per heavy atom. The number of nitrogens with one attached hydrogen (secondary N) is 1. The van der Waals surface area contributed by atoms with E-state index in [4.69, 9.17) is 0 Å². The van der Waals surface area contributed by atoms with Crippen LogP contribution in [0.4, 0.5) is 0 Å². The summed E-state index contributed by atoms with van der Waals surface area (Å²) in [7, 11) is 1.72. The standard InChI is InChI=1S/C7H14N2O2/c1-3-4-9(2)7(11)5-8-6-10/h6H,3-5H2,1-2H3,(H,8,10). The van der Waals surface area contributed by atoms with Crippen molar-refractivity contribution < 1.29 is 9.59 Å². The first-order valence-corrected chi connectivity index (χ1v) is 3.63. The van der Waals surface area contributed by atoms with E-state index in [9.17, 15) is 9.59 Å². The number of hydrogen-bond acceptors (Lipinski definition) is 2. The van der Waals surface area contributed by atoms with Gasteiger partial charge in [-0.1, -0.05) is 6.92 Å². The molecule has 0 saturated heterocycles. The van der Waals surface area contributed by atoms with E-state index < -0.39 is 0 Å². The van der Waals surface area contributed by atoms with Crippen molar-refractivity contribution in [1.29, 1.82) is 0 Å². The summed E-state index contributed by atoms with van der Waals surface area (Å²) in [6, 6.07) is 0. The van der Waals surface area contributed by atoms with E-state index in [0.717, 1.165) is 13.0 Å². The van der Waals surface area contributed by atoms with Crippen LogP contribution in [0, 0.1) is 0 Å². The van der Waals surface area contributed by atoms with Gasteiger partial charge in [-0.3, -0.25) is 9.59 Å². The van der Waals surface area contributed by atoms with Gasteiger partial charge in [0.05, 0.1) is 6.54 Å². The van der Waals surface area contributed by atoms with Gasteiger partial charge in [-0.25, -0.2) is 0 Å². The molecular formula is C7H14N2O2. The molecule has 0 fully saturated rings. The normalized spacial score (nSPS) is 8.91. The van der Waals surface area contributed by atoms with E-state index in [1.807, 2.05) is 6.92 Å². The van der Waals surface area contributed by atoms with Crippen LogP contribution in [0.2, 0.25) is 0 Å². The average molecular weight is 158 g/mol. The molecule has 1 N–H and O–H groups in total. The zero-order valence-electron chi connectivity index (χ0n) is 6.96. The summed E-state index contributed by atoms with van der Waals surface area (Å²) in [6.45, 7) is 2.83. The lowest BCUT2D eigenvalue weighted by Crippen LogP contribution is -2.35. The van der Waals surface area contributed by atoms with Crippen molar-refractivity contribution in [1.82, 2.24) is 10.2 Å². The first-order valence-electron chi connectivity index (χ1n) is 3.63. The summed E-state index contributed by atoms with van der Waals surface area (Å²) < 4.78 is 0. The van der Waals surface area contributed by atoms with E-state index in [0.29, 0.717) is 6.41 Å². The molecule has 0 rings (SSSR count). The number of likely N-dealkylation sites (N-methyl/N-ethyl adjacent to an activating group) is 1. The Morgan fingerprint density at radius 1 is 1.64 bits per heavy atom. The molecule has 0 unspecified atom stereocenters. The van der Waals surface area contributed by atoms with Crippen LogP contribution >= 0.6 is 0 Å². The predicted molar refractivity (Wildman–Crippen MR) is 42.0 cm³/mol. The molecule has 0 aromatic carbocycles. The minimum Gasteiger partial charge on any atom is -0.350 e. The van der Waals surface area contributed by atoms with Gasteiger partial charge in [0.2, 0.25) is 12.3 Å². The third kappa shape index (κ3) is 4.36. The van der Waals surface area contributed by atoms with Gasteiger partial charge in [0.1, 0.15) is 0 Å². The fourth-order valence-corrected chi connectivity index (χ4v) is 0.724. The fraction of sp³-hybridized carbons (Fsp3) is 0.714. The van der Waals surface area contributed by atoms with Gasteiger partial charge in [-0.05, 0) is 6.42 Å². The minimum absolute atomic E-state index is 0.0565. The predicted octanol–water partition coefficient (Wildman–Crippen LogP) is -0.399. The van der Waals surface area contributed by atoms with Crippen LogP contribution in [0.25, 0.3) is 0 Å². The zero-order chi connectivity index (χ0) is 8.69. The molecule has 0 aromatic heterocycles. The van der Waals surface area contributed by atoms with Crippen LogP contribution < -0.4 is 5.32 Å². The Kier molecular flexibility index (Phi) is 5.15. The largest absolute Gasteiger partial charge is 0.350 e. The molecule has 0 radical (unpaired) electrons. The molecule has 0 aliphatic heterocycles. The van der Waals surface area contributed by atoms with Crippen LogP contribution in [-0.4, -0.2) is 37.4 Å². The molecule has 0 saturated carbocycles. The highest BCUT2D eigenvalue weighted by Gasteiger charge is 2.04. The van der Waals surface area contributed by atoms with Crippen molar-refractivity contribution in [3.8, 4) is 0 Å². The maximum atomic E-state index is 11.0. The van der Waals surface area contributed by atoms with Crippen molar-refractivity contribution in [3.05, 3.63) is 0 Å². The minimum atomic E-state index is -0.0565. The van der Waals surface area contributed by atoms with Crippen LogP contribution in [0.5, 0.6) is 0 Å². The topological polar surface area (TPSA) is 49.4 Å². The van der Waals surface area contributed by atoms with Crippen LogP contribution in [0.15, 0.2) is 0 Å². The van der Waals surface area contributed by atoms with E-state index in [2.05, 4.69) is 5.32 Å². The molecule has 0 aliphatic carbocycles. The number of amides is 2. The first kappa shape index (κ1) is 9.94. The van der Waals surface area contributed by atoms with E-state index in [-0.39, 0.29) is 12.5 Å². The summed E-state index contributed by atoms with van der Waals surface area (Å²) >= 11 is 0. The van der Waals surface area contributed by atoms with Crippen molar-refractivity contribution in [2.24, 2.45) is 0 Å². The van der Waals surface area contributed by atoms with E-state index >= 15 is 0 Å². The highest BCUT2D eigenvalue weighted by atomic mass is 16.2. The third-order valence-electron chi connectivity index (χ3n) is 1.32. The number of rotatable bonds is 5. The molecule has 0 aromatic rings. The van der Waals surface area contributed by atoms with E-state index in [1.165, 1.54) is 0 Å². The summed E-state index contributed by atoms with van der Waals surface area (Å²) in [5.74, 6) is -0.0565. The molecule has 0 heterocycles. The molecule has 0 spiro atoms. The summed E-state index contributed by atoms with van der Waals surface area (Å²) in [5, 5.41) is 2.32. The van der Waals surface area contributed by atoms with Crippen LogP contribution in [0.3, 0.4) is 0 Å². The first-order chi connectivity index (χ1) is 5.22. The smallest absolute Gasteiger partial charge is 0.241 e. The van der Waals surface area contributed by atoms with Gasteiger partial charge in [0.15, 0.2) is 0 Å². The maximum Gasteiger partial charge on any atom is 0.241 e. The Balaban J connectivity index is 3.54. The molecule has 2 amide bonds. The highest BCUT2D eigenvalue weighted by molar-refractivity contribution is 5.79. The Bertz CT molecular complexity index is 136. The Labute approximate surface area is 66.6 Å². The number of carbonyl (C=O) groups excluding carboxylic acids is 2. The molecule has 0 aliphatic rings. The lowest BCUT2D eigenvalue weighted by atomic mass is 10.4. The number of hydrogen-bond donors (Lipinski definition) is 1. The second-order valence-corrected chi connectivity index (χ2v) is 2.31. The second-order valence-electron chi connectivity index (χ2n) is 2.31. The van der Waals surface area contributed by atoms with Crippen LogP contribution in [0.1, 0.15) is 13.3 Å². The van der Waals surface area contributed by atoms with Crippen molar-refractivity contribution in [3.63, 3.8) is 0 Å². The van der Waals surface area contributed by atoms with Gasteiger partial charge in [-0.2, -0.15) is 0 Å². The molecule has 0 atom stereocenters. The second kappa shape index (κ2) is 5.70. The molecular weight excluding hydrogens is 144 g/mol. The molecule has 4 nitrogen and oxygen atoms in total. The molecule has 64 valence electrons. The summed E-state index contributed by atoms with van der Waals surface area (Å²) in [5.41, 5.74) is 0. The van der Waals surface area contributed by atoms with Gasteiger partial charge in [-0.15, -0.1) is 0 Å². The Hall–Kier alpha value is -1.06. The highest BCUT2D eigenvalue weighted by Crippen LogP contribution is 1.85. The van der Waals surface area contributed by atoms with Crippen molar-refractivity contribution in [2.45, 2.75) is 13.3 Å². The summed E-state index contributed by atoms with van der Waals surface area (Å²) in [4.78, 5) is 22.4. The van der Waals surface area contributed by atoms with Gasteiger partial charge in [0.25, 0.3) is 0 Å². The third-order valence-corrected chi connectivity index (χ3v) is 1.32. The monoisotopic (exact) mass is 158 g/mol. The molecule has 4 heteroatoms. The average Bonchev–Trinajstić information content (AvgIpc) is 2.00. The van der Waals surface area contributed by atoms with Gasteiger partial charge in [0, 0.05) is 13.6 Å². The quantitative estimate of drug-likeness (QED) is 0.553. The van der Waals surface area contributed by atoms with E-state index in [1.54, 1.807) is 11.9 Å². The molecule has 11 heavy (non-hydrogen) atoms. The number of carbonyl (C=O) groups is 2. The van der Waals surface area contributed by atoms with Crippen molar-refractivity contribution in [2.75, 3.05) is 20.1 Å².